The largest absolute Gasteiger partial charge is 0.481 e. The predicted molar refractivity (Wildman–Crippen MR) is 66.7 cm³/mol. The van der Waals surface area contributed by atoms with Gasteiger partial charge in [0.2, 0.25) is 0 Å². The number of rotatable bonds is 5. The van der Waals surface area contributed by atoms with Crippen molar-refractivity contribution in [2.24, 2.45) is 0 Å². The van der Waals surface area contributed by atoms with E-state index in [2.05, 4.69) is 20.4 Å². The van der Waals surface area contributed by atoms with Crippen LogP contribution in [-0.4, -0.2) is 53.7 Å². The number of aryl methyl sites for hydroxylation is 1. The number of carboxylic acids is 2. The lowest BCUT2D eigenvalue weighted by molar-refractivity contribution is -0.145. The fourth-order valence-corrected chi connectivity index (χ4v) is 1.72. The Morgan fingerprint density at radius 1 is 1.33 bits per heavy atom. The van der Waals surface area contributed by atoms with Gasteiger partial charge >= 0.3 is 11.9 Å². The Hall–Kier alpha value is -3.04. The van der Waals surface area contributed by atoms with E-state index in [1.54, 1.807) is 6.92 Å². The quantitative estimate of drug-likeness (QED) is 0.642. The van der Waals surface area contributed by atoms with Crippen LogP contribution in [0.5, 0.6) is 0 Å². The van der Waals surface area contributed by atoms with Crippen LogP contribution in [0.2, 0.25) is 0 Å². The van der Waals surface area contributed by atoms with E-state index >= 15 is 0 Å². The van der Waals surface area contributed by atoms with Crippen LogP contribution in [0.4, 0.5) is 0 Å². The molecular formula is C11H11N5O5. The maximum Gasteiger partial charge on any atom is 0.326 e. The van der Waals surface area contributed by atoms with Crippen molar-refractivity contribution in [3.63, 3.8) is 0 Å². The molecule has 0 saturated carbocycles. The second kappa shape index (κ2) is 5.53. The molecule has 2 aromatic heterocycles. The van der Waals surface area contributed by atoms with E-state index in [-0.39, 0.29) is 5.56 Å². The number of nitrogens with one attached hydrogen (secondary N) is 1. The van der Waals surface area contributed by atoms with Gasteiger partial charge in [-0.2, -0.15) is 10.1 Å². The summed E-state index contributed by atoms with van der Waals surface area (Å²) in [6, 6.07) is -1.53. The maximum absolute atomic E-state index is 12.1. The van der Waals surface area contributed by atoms with Gasteiger partial charge in [-0.15, -0.1) is 0 Å². The van der Waals surface area contributed by atoms with Crippen molar-refractivity contribution in [2.45, 2.75) is 19.4 Å². The number of hydrogen-bond acceptors (Lipinski definition) is 6. The van der Waals surface area contributed by atoms with Gasteiger partial charge in [-0.1, -0.05) is 0 Å². The fraction of sp³-hybridized carbons (Fsp3) is 0.273. The van der Waals surface area contributed by atoms with Gasteiger partial charge in [0.15, 0.2) is 0 Å². The molecule has 110 valence electrons. The number of hydrogen-bond donors (Lipinski definition) is 3. The molecule has 10 nitrogen and oxygen atoms in total. The van der Waals surface area contributed by atoms with Gasteiger partial charge in [0.05, 0.1) is 17.7 Å². The maximum atomic E-state index is 12.1. The number of carboxylic acid groups (broad SMARTS) is 2. The van der Waals surface area contributed by atoms with Crippen molar-refractivity contribution in [2.75, 3.05) is 0 Å². The van der Waals surface area contributed by atoms with Crippen LogP contribution < -0.4 is 5.32 Å². The first-order chi connectivity index (χ1) is 9.90. The summed E-state index contributed by atoms with van der Waals surface area (Å²) in [5.74, 6) is -3.21. The standard InChI is InChI=1S/C11H11N5O5/c1-5-6(3-12-11-13-4-14-16(5)11)9(19)15-7(10(20)21)2-8(17)18/h3-4,7H,2H2,1H3,(H,15,19)(H,17,18)(H,20,21)/t7-/m0/s1. The molecule has 0 unspecified atom stereocenters. The van der Waals surface area contributed by atoms with Crippen molar-refractivity contribution >= 4 is 23.6 Å². The third kappa shape index (κ3) is 2.94. The molecule has 2 rings (SSSR count). The van der Waals surface area contributed by atoms with Crippen LogP contribution in [0.1, 0.15) is 22.5 Å². The van der Waals surface area contributed by atoms with Gasteiger partial charge in [0, 0.05) is 6.20 Å². The number of fused-ring (bicyclic) bond motifs is 1. The molecule has 0 spiro atoms. The van der Waals surface area contributed by atoms with Crippen LogP contribution in [-0.2, 0) is 9.59 Å². The van der Waals surface area contributed by atoms with Crippen molar-refractivity contribution in [3.05, 3.63) is 23.8 Å². The normalized spacial score (nSPS) is 12.0. The number of amides is 1. The second-order valence-corrected chi connectivity index (χ2v) is 4.19. The Morgan fingerprint density at radius 3 is 2.67 bits per heavy atom. The van der Waals surface area contributed by atoms with Gasteiger partial charge in [-0.3, -0.25) is 9.59 Å². The highest BCUT2D eigenvalue weighted by Crippen LogP contribution is 2.08. The molecule has 10 heteroatoms. The summed E-state index contributed by atoms with van der Waals surface area (Å²) in [6.07, 6.45) is 1.77. The zero-order valence-corrected chi connectivity index (χ0v) is 10.8. The average Bonchev–Trinajstić information content (AvgIpc) is 2.86. The first kappa shape index (κ1) is 14.4. The highest BCUT2D eigenvalue weighted by molar-refractivity contribution is 5.98. The van der Waals surface area contributed by atoms with E-state index in [9.17, 15) is 14.4 Å². The molecule has 0 aliphatic heterocycles. The second-order valence-electron chi connectivity index (χ2n) is 4.19. The Labute approximate surface area is 117 Å². The molecule has 0 aliphatic rings. The van der Waals surface area contributed by atoms with E-state index in [4.69, 9.17) is 10.2 Å². The number of nitrogens with zero attached hydrogens (tertiary/aromatic N) is 4. The molecular weight excluding hydrogens is 282 g/mol. The summed E-state index contributed by atoms with van der Waals surface area (Å²) in [5, 5.41) is 23.6. The molecule has 2 heterocycles. The van der Waals surface area contributed by atoms with Crippen molar-refractivity contribution in [1.82, 2.24) is 24.9 Å². The minimum Gasteiger partial charge on any atom is -0.481 e. The van der Waals surface area contributed by atoms with E-state index < -0.39 is 30.3 Å². The summed E-state index contributed by atoms with van der Waals surface area (Å²) in [6.45, 7) is 1.59. The van der Waals surface area contributed by atoms with Crippen LogP contribution in [0.15, 0.2) is 12.5 Å². The van der Waals surface area contributed by atoms with Crippen molar-refractivity contribution in [3.8, 4) is 0 Å². The molecule has 0 radical (unpaired) electrons. The smallest absolute Gasteiger partial charge is 0.326 e. The van der Waals surface area contributed by atoms with E-state index in [0.717, 1.165) is 0 Å². The zero-order chi connectivity index (χ0) is 15.6. The summed E-state index contributed by atoms with van der Waals surface area (Å²) in [4.78, 5) is 41.3. The molecule has 21 heavy (non-hydrogen) atoms. The lowest BCUT2D eigenvalue weighted by atomic mass is 10.1. The molecule has 0 aliphatic carbocycles. The summed E-state index contributed by atoms with van der Waals surface area (Å²) < 4.78 is 1.32. The van der Waals surface area contributed by atoms with E-state index in [1.807, 2.05) is 0 Å². The minimum atomic E-state index is -1.53. The molecule has 0 aromatic carbocycles. The third-order valence-corrected chi connectivity index (χ3v) is 2.77. The lowest BCUT2D eigenvalue weighted by Gasteiger charge is -2.13. The third-order valence-electron chi connectivity index (χ3n) is 2.77. The van der Waals surface area contributed by atoms with Gasteiger partial charge in [-0.05, 0) is 6.92 Å². The average molecular weight is 293 g/mol. The molecule has 0 saturated heterocycles. The van der Waals surface area contributed by atoms with Gasteiger partial charge in [0.1, 0.15) is 12.4 Å². The van der Waals surface area contributed by atoms with Gasteiger partial charge in [-0.25, -0.2) is 14.3 Å². The number of aromatic nitrogens is 4. The molecule has 1 amide bonds. The van der Waals surface area contributed by atoms with Crippen molar-refractivity contribution < 1.29 is 24.6 Å². The molecule has 2 aromatic rings. The monoisotopic (exact) mass is 293 g/mol. The first-order valence-corrected chi connectivity index (χ1v) is 5.81. The van der Waals surface area contributed by atoms with Crippen LogP contribution in [0.3, 0.4) is 0 Å². The highest BCUT2D eigenvalue weighted by atomic mass is 16.4. The Kier molecular flexibility index (Phi) is 3.78. The Bertz CT molecular complexity index is 725. The summed E-state index contributed by atoms with van der Waals surface area (Å²) in [7, 11) is 0. The topological polar surface area (TPSA) is 147 Å². The lowest BCUT2D eigenvalue weighted by Crippen LogP contribution is -2.42. The molecule has 3 N–H and O–H groups in total. The Morgan fingerprint density at radius 2 is 2.05 bits per heavy atom. The number of aliphatic carboxylic acids is 2. The van der Waals surface area contributed by atoms with Crippen molar-refractivity contribution in [1.29, 1.82) is 0 Å². The predicted octanol–water partition coefficient (Wildman–Crippen LogP) is -0.910. The summed E-state index contributed by atoms with van der Waals surface area (Å²) >= 11 is 0. The highest BCUT2D eigenvalue weighted by Gasteiger charge is 2.25. The molecule has 0 bridgehead atoms. The van der Waals surface area contributed by atoms with Gasteiger partial charge < -0.3 is 15.5 Å². The first-order valence-electron chi connectivity index (χ1n) is 5.81. The SMILES string of the molecule is Cc1c(C(=O)N[C@@H](CC(=O)O)C(=O)O)cnc2ncnn12. The molecule has 0 fully saturated rings. The Balaban J connectivity index is 2.26. The fourth-order valence-electron chi connectivity index (χ4n) is 1.72. The van der Waals surface area contributed by atoms with Crippen LogP contribution in [0, 0.1) is 6.92 Å². The zero-order valence-electron chi connectivity index (χ0n) is 10.8. The van der Waals surface area contributed by atoms with Crippen LogP contribution >= 0.6 is 0 Å². The number of carbonyl (C=O) groups excluding carboxylic acids is 1. The summed E-state index contributed by atoms with van der Waals surface area (Å²) in [5.41, 5.74) is 0.499. The molecule has 1 atom stereocenters. The minimum absolute atomic E-state index is 0.0876. The van der Waals surface area contributed by atoms with Crippen LogP contribution in [0.25, 0.3) is 5.78 Å². The van der Waals surface area contributed by atoms with E-state index in [1.165, 1.54) is 17.0 Å². The van der Waals surface area contributed by atoms with Gasteiger partial charge in [0.25, 0.3) is 11.7 Å². The number of carbonyl (C=O) groups is 3. The van der Waals surface area contributed by atoms with E-state index in [0.29, 0.717) is 11.5 Å².